The SMILES string of the molecule is ClCCC1CCN(Cc2cc(Br)cs2)C1. The zero-order valence-corrected chi connectivity index (χ0v) is 11.7. The van der Waals surface area contributed by atoms with Crippen molar-refractivity contribution in [2.45, 2.75) is 19.4 Å². The van der Waals surface area contributed by atoms with Crippen molar-refractivity contribution in [1.29, 1.82) is 0 Å². The molecule has 0 aromatic carbocycles. The van der Waals surface area contributed by atoms with Gasteiger partial charge in [0.15, 0.2) is 0 Å². The van der Waals surface area contributed by atoms with Crippen molar-refractivity contribution >= 4 is 38.9 Å². The Hall–Kier alpha value is 0.430. The topological polar surface area (TPSA) is 3.24 Å². The predicted octanol–water partition coefficient (Wildman–Crippen LogP) is 3.96. The van der Waals surface area contributed by atoms with E-state index < -0.39 is 0 Å². The maximum atomic E-state index is 5.77. The summed E-state index contributed by atoms with van der Waals surface area (Å²) in [6, 6.07) is 2.22. The van der Waals surface area contributed by atoms with Crippen LogP contribution in [0.4, 0.5) is 0 Å². The maximum Gasteiger partial charge on any atom is 0.0328 e. The van der Waals surface area contributed by atoms with Gasteiger partial charge in [-0.05, 0) is 47.3 Å². The number of nitrogens with zero attached hydrogens (tertiary/aromatic N) is 1. The molecule has 1 unspecified atom stereocenters. The number of hydrogen-bond acceptors (Lipinski definition) is 2. The molecule has 1 aliphatic heterocycles. The van der Waals surface area contributed by atoms with Crippen molar-refractivity contribution in [3.8, 4) is 0 Å². The summed E-state index contributed by atoms with van der Waals surface area (Å²) in [6.07, 6.45) is 2.49. The van der Waals surface area contributed by atoms with Crippen LogP contribution in [0.5, 0.6) is 0 Å². The first kappa shape index (κ1) is 11.9. The predicted molar refractivity (Wildman–Crippen MR) is 70.7 cm³/mol. The smallest absolute Gasteiger partial charge is 0.0328 e. The van der Waals surface area contributed by atoms with Gasteiger partial charge in [0.25, 0.3) is 0 Å². The molecule has 0 aliphatic carbocycles. The van der Waals surface area contributed by atoms with Crippen LogP contribution in [0.3, 0.4) is 0 Å². The van der Waals surface area contributed by atoms with Gasteiger partial charge in [0.05, 0.1) is 0 Å². The monoisotopic (exact) mass is 307 g/mol. The molecule has 1 fully saturated rings. The molecule has 2 heterocycles. The summed E-state index contributed by atoms with van der Waals surface area (Å²) in [5.74, 6) is 1.63. The molecule has 0 saturated carbocycles. The molecule has 2 rings (SSSR count). The molecule has 1 aromatic heterocycles. The number of alkyl halides is 1. The Kier molecular flexibility index (Phi) is 4.50. The molecule has 0 radical (unpaired) electrons. The second-order valence-corrected chi connectivity index (χ2v) is 6.39. The highest BCUT2D eigenvalue weighted by atomic mass is 79.9. The molecule has 0 amide bonds. The lowest BCUT2D eigenvalue weighted by molar-refractivity contribution is 0.318. The van der Waals surface area contributed by atoms with E-state index >= 15 is 0 Å². The van der Waals surface area contributed by atoms with Gasteiger partial charge in [-0.1, -0.05) is 0 Å². The van der Waals surface area contributed by atoms with Gasteiger partial charge < -0.3 is 0 Å². The lowest BCUT2D eigenvalue weighted by atomic mass is 10.1. The highest BCUT2D eigenvalue weighted by Gasteiger charge is 2.21. The molecule has 1 aromatic rings. The van der Waals surface area contributed by atoms with Crippen molar-refractivity contribution in [1.82, 2.24) is 4.90 Å². The van der Waals surface area contributed by atoms with Crippen molar-refractivity contribution in [3.63, 3.8) is 0 Å². The summed E-state index contributed by atoms with van der Waals surface area (Å²) in [7, 11) is 0. The van der Waals surface area contributed by atoms with E-state index in [4.69, 9.17) is 11.6 Å². The van der Waals surface area contributed by atoms with Crippen LogP contribution < -0.4 is 0 Å². The second-order valence-electron chi connectivity index (χ2n) is 4.10. The summed E-state index contributed by atoms with van der Waals surface area (Å²) in [4.78, 5) is 3.99. The number of halogens is 2. The Morgan fingerprint density at radius 1 is 1.60 bits per heavy atom. The Labute approximate surface area is 109 Å². The molecule has 15 heavy (non-hydrogen) atoms. The molecule has 0 spiro atoms. The Morgan fingerprint density at radius 3 is 3.13 bits per heavy atom. The van der Waals surface area contributed by atoms with E-state index in [2.05, 4.69) is 32.3 Å². The summed E-state index contributed by atoms with van der Waals surface area (Å²) < 4.78 is 1.21. The van der Waals surface area contributed by atoms with Crippen molar-refractivity contribution in [2.75, 3.05) is 19.0 Å². The molecule has 1 nitrogen and oxygen atoms in total. The summed E-state index contributed by atoms with van der Waals surface area (Å²) in [6.45, 7) is 3.56. The van der Waals surface area contributed by atoms with Crippen LogP contribution in [0, 0.1) is 5.92 Å². The average Bonchev–Trinajstić information content (AvgIpc) is 2.78. The zero-order chi connectivity index (χ0) is 10.7. The molecule has 1 atom stereocenters. The molecule has 4 heteroatoms. The Morgan fingerprint density at radius 2 is 2.47 bits per heavy atom. The quantitative estimate of drug-likeness (QED) is 0.761. The first-order chi connectivity index (χ1) is 7.28. The fraction of sp³-hybridized carbons (Fsp3) is 0.636. The normalized spacial score (nSPS) is 22.4. The lowest BCUT2D eigenvalue weighted by Gasteiger charge is -2.14. The zero-order valence-electron chi connectivity index (χ0n) is 8.59. The standard InChI is InChI=1S/C11H15BrClNS/c12-10-5-11(15-8-10)7-14-4-2-9(6-14)1-3-13/h5,8-9H,1-4,6-7H2. The van der Waals surface area contributed by atoms with E-state index in [1.165, 1.54) is 35.3 Å². The summed E-state index contributed by atoms with van der Waals surface area (Å²) in [5, 5.41) is 2.15. The van der Waals surface area contributed by atoms with Crippen LogP contribution in [0.25, 0.3) is 0 Å². The average molecular weight is 309 g/mol. The fourth-order valence-corrected chi connectivity index (χ4v) is 3.90. The third-order valence-corrected chi connectivity index (χ3v) is 4.79. The van der Waals surface area contributed by atoms with Gasteiger partial charge in [-0.15, -0.1) is 22.9 Å². The van der Waals surface area contributed by atoms with Crippen LogP contribution in [0.2, 0.25) is 0 Å². The van der Waals surface area contributed by atoms with E-state index in [-0.39, 0.29) is 0 Å². The summed E-state index contributed by atoms with van der Waals surface area (Å²) >= 11 is 11.1. The van der Waals surface area contributed by atoms with Gasteiger partial charge in [-0.2, -0.15) is 0 Å². The van der Waals surface area contributed by atoms with E-state index in [1.807, 2.05) is 11.3 Å². The van der Waals surface area contributed by atoms with Gasteiger partial charge in [-0.25, -0.2) is 0 Å². The van der Waals surface area contributed by atoms with Crippen molar-refractivity contribution in [3.05, 3.63) is 20.8 Å². The number of thiophene rings is 1. The van der Waals surface area contributed by atoms with Crippen molar-refractivity contribution < 1.29 is 0 Å². The maximum absolute atomic E-state index is 5.77. The second kappa shape index (κ2) is 5.67. The molecule has 1 aliphatic rings. The van der Waals surface area contributed by atoms with Crippen LogP contribution >= 0.6 is 38.9 Å². The molecule has 0 bridgehead atoms. The third-order valence-electron chi connectivity index (χ3n) is 2.89. The van der Waals surface area contributed by atoms with Crippen molar-refractivity contribution in [2.24, 2.45) is 5.92 Å². The van der Waals surface area contributed by atoms with Crippen LogP contribution in [-0.2, 0) is 6.54 Å². The van der Waals surface area contributed by atoms with Crippen LogP contribution in [-0.4, -0.2) is 23.9 Å². The minimum absolute atomic E-state index is 0.809. The minimum atomic E-state index is 0.809. The van der Waals surface area contributed by atoms with Gasteiger partial charge in [0.2, 0.25) is 0 Å². The van der Waals surface area contributed by atoms with Gasteiger partial charge in [0.1, 0.15) is 0 Å². The van der Waals surface area contributed by atoms with E-state index in [1.54, 1.807) is 0 Å². The molecule has 1 saturated heterocycles. The van der Waals surface area contributed by atoms with E-state index in [9.17, 15) is 0 Å². The third kappa shape index (κ3) is 3.45. The Balaban J connectivity index is 1.82. The first-order valence-electron chi connectivity index (χ1n) is 5.29. The number of rotatable bonds is 4. The first-order valence-corrected chi connectivity index (χ1v) is 7.50. The highest BCUT2D eigenvalue weighted by molar-refractivity contribution is 9.10. The Bertz CT molecular complexity index is 315. The molecule has 0 N–H and O–H groups in total. The molecular weight excluding hydrogens is 294 g/mol. The minimum Gasteiger partial charge on any atom is -0.298 e. The van der Waals surface area contributed by atoms with Crippen LogP contribution in [0.15, 0.2) is 15.9 Å². The lowest BCUT2D eigenvalue weighted by Crippen LogP contribution is -2.19. The fourth-order valence-electron chi connectivity index (χ4n) is 2.10. The number of hydrogen-bond donors (Lipinski definition) is 0. The highest BCUT2D eigenvalue weighted by Crippen LogP contribution is 2.25. The molecular formula is C11H15BrClNS. The molecule has 84 valence electrons. The number of likely N-dealkylation sites (tertiary alicyclic amines) is 1. The van der Waals surface area contributed by atoms with Gasteiger partial charge >= 0.3 is 0 Å². The summed E-state index contributed by atoms with van der Waals surface area (Å²) in [5.41, 5.74) is 0. The largest absolute Gasteiger partial charge is 0.298 e. The van der Waals surface area contributed by atoms with Gasteiger partial charge in [0, 0.05) is 33.7 Å². The van der Waals surface area contributed by atoms with E-state index in [0.717, 1.165) is 18.3 Å². The van der Waals surface area contributed by atoms with Crippen LogP contribution in [0.1, 0.15) is 17.7 Å². The van der Waals surface area contributed by atoms with E-state index in [0.29, 0.717) is 0 Å². The van der Waals surface area contributed by atoms with Gasteiger partial charge in [-0.3, -0.25) is 4.90 Å².